The molecule has 0 radical (unpaired) electrons. The van der Waals surface area contributed by atoms with Gasteiger partial charge in [-0.15, -0.1) is 0 Å². The Labute approximate surface area is 208 Å². The summed E-state index contributed by atoms with van der Waals surface area (Å²) in [6.07, 6.45) is 3.98. The van der Waals surface area contributed by atoms with Crippen LogP contribution in [0.1, 0.15) is 0 Å². The average molecular weight is 507 g/mol. The van der Waals surface area contributed by atoms with Gasteiger partial charge in [0.25, 0.3) is 10.0 Å². The number of aryl methyl sites for hydroxylation is 1. The Kier molecular flexibility index (Phi) is 6.19. The summed E-state index contributed by atoms with van der Waals surface area (Å²) in [5.41, 5.74) is 2.11. The van der Waals surface area contributed by atoms with Crippen molar-refractivity contribution < 1.29 is 22.6 Å². The van der Waals surface area contributed by atoms with Crippen molar-refractivity contribution in [3.63, 3.8) is 0 Å². The summed E-state index contributed by atoms with van der Waals surface area (Å²) >= 11 is 0. The third kappa shape index (κ3) is 4.42. The Hall–Kier alpha value is -4.18. The third-order valence-electron chi connectivity index (χ3n) is 6.03. The van der Waals surface area contributed by atoms with E-state index >= 15 is 0 Å². The topological polar surface area (TPSA) is 96.6 Å². The quantitative estimate of drug-likeness (QED) is 0.318. The number of methoxy groups -OCH3 is 2. The highest BCUT2D eigenvalue weighted by atomic mass is 32.2. The maximum absolute atomic E-state index is 13.3. The molecule has 3 aromatic heterocycles. The lowest BCUT2D eigenvalue weighted by Gasteiger charge is -2.12. The molecule has 0 aliphatic heterocycles. The van der Waals surface area contributed by atoms with Crippen LogP contribution in [0.15, 0.2) is 78.0 Å². The Morgan fingerprint density at radius 3 is 2.36 bits per heavy atom. The van der Waals surface area contributed by atoms with Crippen LogP contribution in [-0.4, -0.2) is 43.4 Å². The number of hydrogen-bond acceptors (Lipinski definition) is 6. The molecule has 0 spiro atoms. The summed E-state index contributed by atoms with van der Waals surface area (Å²) in [6, 6.07) is 18.0. The maximum Gasteiger partial charge on any atom is 0.262 e. The van der Waals surface area contributed by atoms with Crippen molar-refractivity contribution in [1.29, 1.82) is 0 Å². The second kappa shape index (κ2) is 9.46. The average Bonchev–Trinajstić information content (AvgIpc) is 3.50. The maximum atomic E-state index is 13.3. The van der Waals surface area contributed by atoms with Crippen molar-refractivity contribution in [3.05, 3.63) is 73.1 Å². The molecule has 0 saturated heterocycles. The number of ether oxygens (including phenoxy) is 3. The van der Waals surface area contributed by atoms with E-state index in [1.807, 2.05) is 58.9 Å². The van der Waals surface area contributed by atoms with E-state index in [4.69, 9.17) is 14.2 Å². The number of nitrogens with one attached hydrogen (secondary N) is 1. The molecule has 0 fully saturated rings. The van der Waals surface area contributed by atoms with E-state index in [0.29, 0.717) is 12.5 Å². The molecule has 0 aliphatic rings. The van der Waals surface area contributed by atoms with Crippen molar-refractivity contribution in [1.82, 2.24) is 14.1 Å². The molecule has 36 heavy (non-hydrogen) atoms. The number of rotatable bonds is 9. The van der Waals surface area contributed by atoms with Crippen molar-refractivity contribution in [2.75, 3.05) is 25.5 Å². The summed E-state index contributed by atoms with van der Waals surface area (Å²) < 4.78 is 49.5. The fourth-order valence-corrected chi connectivity index (χ4v) is 5.28. The van der Waals surface area contributed by atoms with Crippen LogP contribution < -0.4 is 18.9 Å². The van der Waals surface area contributed by atoms with Crippen LogP contribution in [0.2, 0.25) is 0 Å². The van der Waals surface area contributed by atoms with Gasteiger partial charge in [0.2, 0.25) is 11.8 Å². The van der Waals surface area contributed by atoms with E-state index in [-0.39, 0.29) is 16.5 Å². The first-order chi connectivity index (χ1) is 17.4. The summed E-state index contributed by atoms with van der Waals surface area (Å²) in [5.74, 6) is 1.16. The smallest absolute Gasteiger partial charge is 0.262 e. The number of benzene rings is 2. The normalized spacial score (nSPS) is 11.6. The number of fused-ring (bicyclic) bond motifs is 3. The molecule has 1 N–H and O–H groups in total. The second-order valence-corrected chi connectivity index (χ2v) is 9.88. The van der Waals surface area contributed by atoms with Gasteiger partial charge in [-0.3, -0.25) is 4.72 Å². The van der Waals surface area contributed by atoms with E-state index in [1.54, 1.807) is 30.3 Å². The molecule has 0 atom stereocenters. The Bertz CT molecular complexity index is 1640. The molecule has 0 bridgehead atoms. The van der Waals surface area contributed by atoms with Crippen LogP contribution in [0, 0.1) is 0 Å². The fraction of sp³-hybridized carbons (Fsp3) is 0.192. The molecule has 2 aromatic carbocycles. The third-order valence-corrected chi connectivity index (χ3v) is 7.39. The van der Waals surface area contributed by atoms with E-state index in [0.717, 1.165) is 34.1 Å². The summed E-state index contributed by atoms with van der Waals surface area (Å²) in [7, 11) is 0.929. The summed E-state index contributed by atoms with van der Waals surface area (Å²) in [4.78, 5) is 4.27. The number of sulfonamides is 1. The number of hydrogen-bond donors (Lipinski definition) is 1. The lowest BCUT2D eigenvalue weighted by molar-refractivity contribution is 0.299. The molecular formula is C26H26N4O5S. The molecule has 9 nitrogen and oxygen atoms in total. The molecule has 0 unspecified atom stereocenters. The van der Waals surface area contributed by atoms with E-state index < -0.39 is 10.0 Å². The van der Waals surface area contributed by atoms with E-state index in [9.17, 15) is 8.42 Å². The Morgan fingerprint density at radius 2 is 1.64 bits per heavy atom. The van der Waals surface area contributed by atoms with Gasteiger partial charge < -0.3 is 23.3 Å². The SMILES string of the molecule is COc1ccc(NS(=O)(=O)c2ccc3c(c2)c2cc(OCCn4cccc4)ccc2n3C)c(OC)n1. The first-order valence-electron chi connectivity index (χ1n) is 11.3. The monoisotopic (exact) mass is 506 g/mol. The van der Waals surface area contributed by atoms with Crippen molar-refractivity contribution in [2.45, 2.75) is 11.4 Å². The molecule has 5 rings (SSSR count). The van der Waals surface area contributed by atoms with Gasteiger partial charge in [0, 0.05) is 47.3 Å². The molecule has 0 amide bonds. The molecule has 3 heterocycles. The van der Waals surface area contributed by atoms with Gasteiger partial charge in [0.05, 0.1) is 25.7 Å². The van der Waals surface area contributed by atoms with Gasteiger partial charge in [0.1, 0.15) is 18.0 Å². The molecule has 186 valence electrons. The zero-order chi connectivity index (χ0) is 25.3. The van der Waals surface area contributed by atoms with E-state index in [2.05, 4.69) is 9.71 Å². The minimum Gasteiger partial charge on any atom is -0.492 e. The lowest BCUT2D eigenvalue weighted by Crippen LogP contribution is -2.14. The Balaban J connectivity index is 1.47. The molecule has 0 saturated carbocycles. The van der Waals surface area contributed by atoms with Crippen molar-refractivity contribution in [3.8, 4) is 17.5 Å². The first-order valence-corrected chi connectivity index (χ1v) is 12.8. The largest absolute Gasteiger partial charge is 0.492 e. The minimum absolute atomic E-state index is 0.117. The van der Waals surface area contributed by atoms with Crippen LogP contribution in [0.5, 0.6) is 17.5 Å². The van der Waals surface area contributed by atoms with Gasteiger partial charge in [-0.2, -0.15) is 4.98 Å². The molecular weight excluding hydrogens is 480 g/mol. The number of pyridine rings is 1. The summed E-state index contributed by atoms with van der Waals surface area (Å²) in [6.45, 7) is 1.25. The van der Waals surface area contributed by atoms with Gasteiger partial charge in [-0.05, 0) is 54.6 Å². The van der Waals surface area contributed by atoms with Crippen molar-refractivity contribution >= 4 is 37.5 Å². The molecule has 0 aliphatic carbocycles. The van der Waals surface area contributed by atoms with Crippen LogP contribution in [0.25, 0.3) is 21.8 Å². The van der Waals surface area contributed by atoms with Crippen LogP contribution in [0.3, 0.4) is 0 Å². The molecule has 5 aromatic rings. The lowest BCUT2D eigenvalue weighted by atomic mass is 10.1. The zero-order valence-electron chi connectivity index (χ0n) is 20.1. The molecule has 10 heteroatoms. The number of aromatic nitrogens is 3. The predicted molar refractivity (Wildman–Crippen MR) is 139 cm³/mol. The van der Waals surface area contributed by atoms with Gasteiger partial charge in [-0.1, -0.05) is 0 Å². The van der Waals surface area contributed by atoms with Crippen molar-refractivity contribution in [2.24, 2.45) is 7.05 Å². The van der Waals surface area contributed by atoms with Gasteiger partial charge in [-0.25, -0.2) is 8.42 Å². The highest BCUT2D eigenvalue weighted by Crippen LogP contribution is 2.34. The highest BCUT2D eigenvalue weighted by molar-refractivity contribution is 7.92. The van der Waals surface area contributed by atoms with Gasteiger partial charge in [0.15, 0.2) is 0 Å². The minimum atomic E-state index is -3.92. The zero-order valence-corrected chi connectivity index (χ0v) is 21.0. The number of anilines is 1. The predicted octanol–water partition coefficient (Wildman–Crippen LogP) is 4.43. The van der Waals surface area contributed by atoms with Crippen LogP contribution in [0.4, 0.5) is 5.69 Å². The second-order valence-electron chi connectivity index (χ2n) is 8.20. The number of nitrogens with zero attached hydrogens (tertiary/aromatic N) is 3. The van der Waals surface area contributed by atoms with Crippen LogP contribution in [-0.2, 0) is 23.6 Å². The first kappa shape index (κ1) is 23.6. The highest BCUT2D eigenvalue weighted by Gasteiger charge is 2.20. The van der Waals surface area contributed by atoms with E-state index in [1.165, 1.54) is 14.2 Å². The summed E-state index contributed by atoms with van der Waals surface area (Å²) in [5, 5.41) is 1.72. The van der Waals surface area contributed by atoms with Gasteiger partial charge >= 0.3 is 0 Å². The fourth-order valence-electron chi connectivity index (χ4n) is 4.20. The van der Waals surface area contributed by atoms with Crippen LogP contribution >= 0.6 is 0 Å². The standard InChI is InChI=1S/C26H26N4O5S/c1-29-23-9-6-18(35-15-14-30-12-4-5-13-30)16-20(23)21-17-19(7-10-24(21)29)36(31,32)28-22-8-11-25(33-2)27-26(22)34-3/h4-13,16-17,28H,14-15H2,1-3H3. The Morgan fingerprint density at radius 1 is 0.917 bits per heavy atom.